The number of fused-ring (bicyclic) bond motifs is 1. The van der Waals surface area contributed by atoms with Gasteiger partial charge in [0.15, 0.2) is 0 Å². The molecule has 136 valence electrons. The van der Waals surface area contributed by atoms with Crippen LogP contribution in [-0.2, 0) is 0 Å². The van der Waals surface area contributed by atoms with Gasteiger partial charge < -0.3 is 0 Å². The molecule has 0 amide bonds. The molecule has 3 aromatic carbocycles. The molecule has 1 heterocycles. The third-order valence-electron chi connectivity index (χ3n) is 4.26. The van der Waals surface area contributed by atoms with Crippen LogP contribution in [0.1, 0.15) is 0 Å². The highest BCUT2D eigenvalue weighted by molar-refractivity contribution is 5.87. The molecule has 8 nitrogen and oxygen atoms in total. The van der Waals surface area contributed by atoms with Crippen LogP contribution in [0.15, 0.2) is 72.8 Å². The molecule has 0 saturated carbocycles. The Kier molecular flexibility index (Phi) is 4.21. The van der Waals surface area contributed by atoms with Crippen molar-refractivity contribution in [3.05, 3.63) is 93.0 Å². The van der Waals surface area contributed by atoms with Gasteiger partial charge in [0.1, 0.15) is 0 Å². The summed E-state index contributed by atoms with van der Waals surface area (Å²) in [6.45, 7) is 0. The van der Waals surface area contributed by atoms with Gasteiger partial charge in [0.25, 0.3) is 11.4 Å². The number of nitro benzene ring substituents is 2. The Labute approximate surface area is 158 Å². The molecule has 0 radical (unpaired) electrons. The van der Waals surface area contributed by atoms with Gasteiger partial charge in [0.05, 0.1) is 32.3 Å². The minimum absolute atomic E-state index is 0.0191. The molecule has 4 aromatic rings. The minimum Gasteiger partial charge on any atom is -0.258 e. The Bertz CT molecular complexity index is 1210. The van der Waals surface area contributed by atoms with E-state index in [-0.39, 0.29) is 11.4 Å². The second-order valence-corrected chi connectivity index (χ2v) is 6.02. The van der Waals surface area contributed by atoms with Crippen LogP contribution in [0.2, 0.25) is 0 Å². The molecular formula is C20H12N4O4. The first-order valence-corrected chi connectivity index (χ1v) is 8.29. The Balaban J connectivity index is 1.96. The van der Waals surface area contributed by atoms with Gasteiger partial charge >= 0.3 is 0 Å². The van der Waals surface area contributed by atoms with Gasteiger partial charge in [-0.3, -0.25) is 20.2 Å². The maximum absolute atomic E-state index is 11.1. The molecule has 8 heteroatoms. The summed E-state index contributed by atoms with van der Waals surface area (Å²) < 4.78 is 0. The third kappa shape index (κ3) is 3.14. The van der Waals surface area contributed by atoms with Crippen molar-refractivity contribution in [1.29, 1.82) is 0 Å². The molecule has 0 fully saturated rings. The van der Waals surface area contributed by atoms with Crippen LogP contribution in [0.4, 0.5) is 11.4 Å². The molecule has 28 heavy (non-hydrogen) atoms. The van der Waals surface area contributed by atoms with E-state index in [1.165, 1.54) is 24.3 Å². The topological polar surface area (TPSA) is 112 Å². The number of hydrogen-bond donors (Lipinski definition) is 0. The average molecular weight is 372 g/mol. The Morgan fingerprint density at radius 3 is 1.75 bits per heavy atom. The molecular weight excluding hydrogens is 360 g/mol. The zero-order chi connectivity index (χ0) is 19.7. The average Bonchev–Trinajstić information content (AvgIpc) is 2.73. The van der Waals surface area contributed by atoms with E-state index in [0.29, 0.717) is 28.0 Å². The summed E-state index contributed by atoms with van der Waals surface area (Å²) in [4.78, 5) is 30.3. The third-order valence-corrected chi connectivity index (χ3v) is 4.26. The summed E-state index contributed by atoms with van der Waals surface area (Å²) in [6, 6.07) is 19.7. The number of rotatable bonds is 4. The number of nitrogens with zero attached hydrogens (tertiary/aromatic N) is 4. The zero-order valence-electron chi connectivity index (χ0n) is 14.4. The smallest absolute Gasteiger partial charge is 0.258 e. The van der Waals surface area contributed by atoms with Crippen LogP contribution >= 0.6 is 0 Å². The van der Waals surface area contributed by atoms with E-state index in [4.69, 9.17) is 0 Å². The summed E-state index contributed by atoms with van der Waals surface area (Å²) in [5.74, 6) is 0. The van der Waals surface area contributed by atoms with Gasteiger partial charge in [0, 0.05) is 35.4 Å². The van der Waals surface area contributed by atoms with Crippen molar-refractivity contribution in [2.75, 3.05) is 0 Å². The van der Waals surface area contributed by atoms with Gasteiger partial charge in [0.2, 0.25) is 0 Å². The first kappa shape index (κ1) is 17.2. The highest BCUT2D eigenvalue weighted by Gasteiger charge is 2.16. The van der Waals surface area contributed by atoms with E-state index < -0.39 is 9.85 Å². The van der Waals surface area contributed by atoms with Crippen LogP contribution in [0, 0.1) is 20.2 Å². The van der Waals surface area contributed by atoms with Crippen molar-refractivity contribution in [3.8, 4) is 22.5 Å². The monoisotopic (exact) mass is 372 g/mol. The summed E-state index contributed by atoms with van der Waals surface area (Å²) in [6.07, 6.45) is 0. The van der Waals surface area contributed by atoms with Crippen LogP contribution in [0.25, 0.3) is 33.5 Å². The molecule has 0 spiro atoms. The fourth-order valence-corrected chi connectivity index (χ4v) is 2.90. The first-order chi connectivity index (χ1) is 13.5. The van der Waals surface area contributed by atoms with Crippen molar-refractivity contribution in [3.63, 3.8) is 0 Å². The van der Waals surface area contributed by atoms with E-state index in [1.54, 1.807) is 18.2 Å². The largest absolute Gasteiger partial charge is 0.271 e. The van der Waals surface area contributed by atoms with Gasteiger partial charge in [-0.25, -0.2) is 9.97 Å². The van der Waals surface area contributed by atoms with Gasteiger partial charge in [-0.1, -0.05) is 30.3 Å². The molecule has 0 atom stereocenters. The number of nitro groups is 2. The molecule has 0 aliphatic carbocycles. The second kappa shape index (κ2) is 6.84. The van der Waals surface area contributed by atoms with Crippen molar-refractivity contribution in [1.82, 2.24) is 9.97 Å². The predicted octanol–water partition coefficient (Wildman–Crippen LogP) is 4.78. The van der Waals surface area contributed by atoms with Crippen molar-refractivity contribution >= 4 is 22.4 Å². The number of non-ortho nitro benzene ring substituents is 2. The quantitative estimate of drug-likeness (QED) is 0.376. The van der Waals surface area contributed by atoms with Crippen LogP contribution in [0.5, 0.6) is 0 Å². The molecule has 0 N–H and O–H groups in total. The Hall–Kier alpha value is -4.20. The van der Waals surface area contributed by atoms with Crippen LogP contribution < -0.4 is 0 Å². The summed E-state index contributed by atoms with van der Waals surface area (Å²) >= 11 is 0. The van der Waals surface area contributed by atoms with Crippen molar-refractivity contribution in [2.45, 2.75) is 0 Å². The lowest BCUT2D eigenvalue weighted by molar-refractivity contribution is -0.385. The zero-order valence-corrected chi connectivity index (χ0v) is 14.4. The fraction of sp³-hybridized carbons (Fsp3) is 0. The van der Waals surface area contributed by atoms with Crippen molar-refractivity contribution < 1.29 is 9.85 Å². The summed E-state index contributed by atoms with van der Waals surface area (Å²) in [7, 11) is 0. The molecule has 0 aliphatic heterocycles. The number of hydrogen-bond acceptors (Lipinski definition) is 6. The lowest BCUT2D eigenvalue weighted by Gasteiger charge is -2.10. The fourth-order valence-electron chi connectivity index (χ4n) is 2.90. The van der Waals surface area contributed by atoms with E-state index >= 15 is 0 Å². The highest BCUT2D eigenvalue weighted by atomic mass is 16.6. The lowest BCUT2D eigenvalue weighted by Crippen LogP contribution is -1.97. The lowest BCUT2D eigenvalue weighted by atomic mass is 10.0. The summed E-state index contributed by atoms with van der Waals surface area (Å²) in [5, 5.41) is 22.0. The molecule has 0 saturated heterocycles. The maximum atomic E-state index is 11.1. The molecule has 4 rings (SSSR count). The van der Waals surface area contributed by atoms with Gasteiger partial charge in [-0.15, -0.1) is 0 Å². The number of benzene rings is 3. The standard InChI is InChI=1S/C20H12N4O4/c25-23(26)15-8-6-14(7-9-15)20-19(13-4-2-1-3-5-13)22-18-12-16(24(27)28)10-11-17(18)21-20/h1-12H. The van der Waals surface area contributed by atoms with Crippen LogP contribution in [0.3, 0.4) is 0 Å². The number of aromatic nitrogens is 2. The highest BCUT2D eigenvalue weighted by Crippen LogP contribution is 2.32. The maximum Gasteiger partial charge on any atom is 0.271 e. The van der Waals surface area contributed by atoms with Crippen molar-refractivity contribution in [2.24, 2.45) is 0 Å². The van der Waals surface area contributed by atoms with E-state index in [9.17, 15) is 20.2 Å². The summed E-state index contributed by atoms with van der Waals surface area (Å²) in [5.41, 5.74) is 3.36. The van der Waals surface area contributed by atoms with E-state index in [2.05, 4.69) is 9.97 Å². The van der Waals surface area contributed by atoms with Gasteiger partial charge in [-0.2, -0.15) is 0 Å². The van der Waals surface area contributed by atoms with Crippen LogP contribution in [-0.4, -0.2) is 19.8 Å². The molecule has 0 aliphatic rings. The normalized spacial score (nSPS) is 10.7. The Morgan fingerprint density at radius 1 is 0.607 bits per heavy atom. The second-order valence-electron chi connectivity index (χ2n) is 6.02. The van der Waals surface area contributed by atoms with E-state index in [0.717, 1.165) is 5.56 Å². The minimum atomic E-state index is -0.479. The van der Waals surface area contributed by atoms with Gasteiger partial charge in [-0.05, 0) is 18.2 Å². The Morgan fingerprint density at radius 2 is 1.14 bits per heavy atom. The molecule has 1 aromatic heterocycles. The first-order valence-electron chi connectivity index (χ1n) is 8.29. The molecule has 0 bridgehead atoms. The van der Waals surface area contributed by atoms with E-state index in [1.807, 2.05) is 30.3 Å². The predicted molar refractivity (Wildman–Crippen MR) is 104 cm³/mol. The molecule has 0 unspecified atom stereocenters. The SMILES string of the molecule is O=[N+]([O-])c1ccc(-c2nc3ccc([N+](=O)[O-])cc3nc2-c2ccccc2)cc1.